The maximum atomic E-state index is 13.5. The molecule has 1 aliphatic heterocycles. The summed E-state index contributed by atoms with van der Waals surface area (Å²) in [6.07, 6.45) is 0. The number of carbonyl (C=O) groups excluding carboxylic acids is 3. The lowest BCUT2D eigenvalue weighted by Gasteiger charge is -2.23. The first-order chi connectivity index (χ1) is 11.6. The highest BCUT2D eigenvalue weighted by Crippen LogP contribution is 2.29. The summed E-state index contributed by atoms with van der Waals surface area (Å²) in [6.45, 7) is 6.62. The van der Waals surface area contributed by atoms with Gasteiger partial charge < -0.3 is 10.6 Å². The predicted octanol–water partition coefficient (Wildman–Crippen LogP) is 1.89. The van der Waals surface area contributed by atoms with E-state index in [1.165, 1.54) is 13.0 Å². The van der Waals surface area contributed by atoms with E-state index in [1.807, 2.05) is 20.8 Å². The molecule has 0 aliphatic carbocycles. The zero-order valence-corrected chi connectivity index (χ0v) is 14.5. The molecule has 1 aromatic rings. The SMILES string of the molecule is CC(C)[C@H](C)NC(=O)CN1C(=O)N[C@@](C)(c2ccc(F)c(F)c2)C1=O. The molecule has 0 radical (unpaired) electrons. The average Bonchev–Trinajstić information content (AvgIpc) is 2.74. The van der Waals surface area contributed by atoms with Crippen molar-refractivity contribution in [3.8, 4) is 0 Å². The molecule has 2 rings (SSSR count). The van der Waals surface area contributed by atoms with Gasteiger partial charge in [0.25, 0.3) is 5.91 Å². The Labute approximate surface area is 144 Å². The van der Waals surface area contributed by atoms with Crippen LogP contribution in [0.5, 0.6) is 0 Å². The van der Waals surface area contributed by atoms with Crippen LogP contribution < -0.4 is 10.6 Å². The standard InChI is InChI=1S/C17H21F2N3O3/c1-9(2)10(3)20-14(23)8-22-15(24)17(4,21-16(22)25)11-5-6-12(18)13(19)7-11/h5-7,9-10H,8H2,1-4H3,(H,20,23)(H,21,25)/t10-,17-/m0/s1. The van der Waals surface area contributed by atoms with E-state index in [0.717, 1.165) is 17.0 Å². The quantitative estimate of drug-likeness (QED) is 0.794. The summed E-state index contributed by atoms with van der Waals surface area (Å²) < 4.78 is 26.6. The van der Waals surface area contributed by atoms with E-state index in [9.17, 15) is 23.2 Å². The zero-order chi connectivity index (χ0) is 18.9. The first-order valence-electron chi connectivity index (χ1n) is 7.95. The largest absolute Gasteiger partial charge is 0.352 e. The minimum Gasteiger partial charge on any atom is -0.352 e. The van der Waals surface area contributed by atoms with Crippen molar-refractivity contribution < 1.29 is 23.2 Å². The highest BCUT2D eigenvalue weighted by Gasteiger charge is 2.49. The van der Waals surface area contributed by atoms with Crippen molar-refractivity contribution in [3.63, 3.8) is 0 Å². The van der Waals surface area contributed by atoms with Crippen molar-refractivity contribution in [1.29, 1.82) is 0 Å². The van der Waals surface area contributed by atoms with E-state index in [2.05, 4.69) is 10.6 Å². The molecule has 25 heavy (non-hydrogen) atoms. The van der Waals surface area contributed by atoms with Crippen molar-refractivity contribution in [2.75, 3.05) is 6.54 Å². The van der Waals surface area contributed by atoms with Gasteiger partial charge in [0.15, 0.2) is 11.6 Å². The molecule has 1 aliphatic rings. The molecule has 1 fully saturated rings. The Kier molecular flexibility index (Phi) is 5.10. The van der Waals surface area contributed by atoms with Gasteiger partial charge in [0.1, 0.15) is 12.1 Å². The van der Waals surface area contributed by atoms with Crippen LogP contribution in [-0.2, 0) is 15.1 Å². The molecule has 0 aromatic heterocycles. The molecular formula is C17H21F2N3O3. The summed E-state index contributed by atoms with van der Waals surface area (Å²) in [5.74, 6) is -3.15. The number of imide groups is 1. The molecule has 1 saturated heterocycles. The third-order valence-electron chi connectivity index (χ3n) is 4.46. The third-order valence-corrected chi connectivity index (χ3v) is 4.46. The maximum Gasteiger partial charge on any atom is 0.325 e. The normalized spacial score (nSPS) is 21.5. The van der Waals surface area contributed by atoms with Crippen LogP contribution in [0, 0.1) is 17.6 Å². The second-order valence-corrected chi connectivity index (χ2v) is 6.68. The maximum absolute atomic E-state index is 13.5. The Bertz CT molecular complexity index is 723. The first-order valence-corrected chi connectivity index (χ1v) is 7.95. The molecule has 0 saturated carbocycles. The Balaban J connectivity index is 2.18. The second kappa shape index (κ2) is 6.78. The number of amides is 4. The number of benzene rings is 1. The minimum atomic E-state index is -1.56. The van der Waals surface area contributed by atoms with Gasteiger partial charge in [-0.2, -0.15) is 0 Å². The minimum absolute atomic E-state index is 0.100. The van der Waals surface area contributed by atoms with Crippen LogP contribution in [-0.4, -0.2) is 35.3 Å². The zero-order valence-electron chi connectivity index (χ0n) is 14.5. The number of urea groups is 1. The molecule has 1 heterocycles. The smallest absolute Gasteiger partial charge is 0.325 e. The van der Waals surface area contributed by atoms with Gasteiger partial charge in [-0.3, -0.25) is 14.5 Å². The Hall–Kier alpha value is -2.51. The molecule has 6 nitrogen and oxygen atoms in total. The van der Waals surface area contributed by atoms with Gasteiger partial charge in [-0.05, 0) is 37.5 Å². The van der Waals surface area contributed by atoms with Crippen LogP contribution in [0.1, 0.15) is 33.3 Å². The van der Waals surface area contributed by atoms with E-state index >= 15 is 0 Å². The summed E-state index contributed by atoms with van der Waals surface area (Å²) in [5.41, 5.74) is -1.46. The van der Waals surface area contributed by atoms with Crippen molar-refractivity contribution >= 4 is 17.8 Å². The van der Waals surface area contributed by atoms with E-state index in [-0.39, 0.29) is 17.5 Å². The molecule has 136 valence electrons. The highest BCUT2D eigenvalue weighted by atomic mass is 19.2. The number of nitrogens with zero attached hydrogens (tertiary/aromatic N) is 1. The van der Waals surface area contributed by atoms with Gasteiger partial charge in [-0.15, -0.1) is 0 Å². The molecule has 2 atom stereocenters. The van der Waals surface area contributed by atoms with Crippen molar-refractivity contribution in [2.45, 2.75) is 39.3 Å². The molecular weight excluding hydrogens is 332 g/mol. The Morgan fingerprint density at radius 1 is 1.24 bits per heavy atom. The summed E-state index contributed by atoms with van der Waals surface area (Å²) in [6, 6.07) is 2.09. The second-order valence-electron chi connectivity index (χ2n) is 6.68. The lowest BCUT2D eigenvalue weighted by atomic mass is 9.92. The topological polar surface area (TPSA) is 78.5 Å². The number of rotatable bonds is 5. The van der Waals surface area contributed by atoms with Crippen LogP contribution in [0.25, 0.3) is 0 Å². The summed E-state index contributed by atoms with van der Waals surface area (Å²) >= 11 is 0. The molecule has 0 unspecified atom stereocenters. The summed E-state index contributed by atoms with van der Waals surface area (Å²) in [5, 5.41) is 5.15. The van der Waals surface area contributed by atoms with Gasteiger partial charge >= 0.3 is 6.03 Å². The van der Waals surface area contributed by atoms with Crippen LogP contribution in [0.15, 0.2) is 18.2 Å². The van der Waals surface area contributed by atoms with Crippen LogP contribution >= 0.6 is 0 Å². The van der Waals surface area contributed by atoms with E-state index < -0.39 is 41.6 Å². The highest BCUT2D eigenvalue weighted by molar-refractivity contribution is 6.09. The van der Waals surface area contributed by atoms with Crippen LogP contribution in [0.4, 0.5) is 13.6 Å². The lowest BCUT2D eigenvalue weighted by Crippen LogP contribution is -2.46. The summed E-state index contributed by atoms with van der Waals surface area (Å²) in [7, 11) is 0. The number of halogens is 2. The van der Waals surface area contributed by atoms with E-state index in [4.69, 9.17) is 0 Å². The van der Waals surface area contributed by atoms with Crippen LogP contribution in [0.2, 0.25) is 0 Å². The fourth-order valence-electron chi connectivity index (χ4n) is 2.45. The molecule has 1 aromatic carbocycles. The number of carbonyl (C=O) groups is 3. The first kappa shape index (κ1) is 18.8. The van der Waals surface area contributed by atoms with Crippen LogP contribution in [0.3, 0.4) is 0 Å². The monoisotopic (exact) mass is 353 g/mol. The number of hydrogen-bond acceptors (Lipinski definition) is 3. The van der Waals surface area contributed by atoms with Crippen molar-refractivity contribution in [1.82, 2.24) is 15.5 Å². The molecule has 0 bridgehead atoms. The lowest BCUT2D eigenvalue weighted by molar-refractivity contribution is -0.135. The van der Waals surface area contributed by atoms with Gasteiger partial charge in [0, 0.05) is 6.04 Å². The number of nitrogens with one attached hydrogen (secondary N) is 2. The summed E-state index contributed by atoms with van der Waals surface area (Å²) in [4.78, 5) is 37.6. The fraction of sp³-hybridized carbons (Fsp3) is 0.471. The average molecular weight is 353 g/mol. The third kappa shape index (κ3) is 3.62. The van der Waals surface area contributed by atoms with Crippen molar-refractivity contribution in [2.24, 2.45) is 5.92 Å². The fourth-order valence-corrected chi connectivity index (χ4v) is 2.45. The van der Waals surface area contributed by atoms with Gasteiger partial charge in [-0.25, -0.2) is 13.6 Å². The molecule has 2 N–H and O–H groups in total. The van der Waals surface area contributed by atoms with Gasteiger partial charge in [-0.1, -0.05) is 19.9 Å². The molecule has 8 heteroatoms. The van der Waals surface area contributed by atoms with Gasteiger partial charge in [0.2, 0.25) is 5.91 Å². The molecule has 0 spiro atoms. The van der Waals surface area contributed by atoms with Gasteiger partial charge in [0.05, 0.1) is 0 Å². The number of hydrogen-bond donors (Lipinski definition) is 2. The Morgan fingerprint density at radius 2 is 1.88 bits per heavy atom. The molecule has 4 amide bonds. The van der Waals surface area contributed by atoms with E-state index in [1.54, 1.807) is 0 Å². The van der Waals surface area contributed by atoms with E-state index in [0.29, 0.717) is 0 Å². The Morgan fingerprint density at radius 3 is 2.44 bits per heavy atom. The van der Waals surface area contributed by atoms with Crippen molar-refractivity contribution in [3.05, 3.63) is 35.4 Å². The predicted molar refractivity (Wildman–Crippen MR) is 86.4 cm³/mol.